The van der Waals surface area contributed by atoms with Crippen LogP contribution >= 0.6 is 0 Å². The number of hydrogen-bond donors (Lipinski definition) is 1. The third-order valence-electron chi connectivity index (χ3n) is 11.1. The maximum absolute atomic E-state index is 14.6. The molecule has 5 aliphatic heterocycles. The maximum atomic E-state index is 14.6. The molecule has 2 saturated heterocycles. The second-order valence-corrected chi connectivity index (χ2v) is 14.0. The van der Waals surface area contributed by atoms with Gasteiger partial charge in [0.05, 0.1) is 12.2 Å². The third-order valence-corrected chi connectivity index (χ3v) is 11.1. The highest BCUT2D eigenvalue weighted by molar-refractivity contribution is 6.13. The molecule has 6 heterocycles. The van der Waals surface area contributed by atoms with E-state index in [2.05, 4.69) is 27.1 Å². The number of halogens is 2. The zero-order chi connectivity index (χ0) is 31.2. The number of anilines is 1. The molecule has 2 aromatic rings. The molecule has 2 fully saturated rings. The van der Waals surface area contributed by atoms with Gasteiger partial charge in [-0.3, -0.25) is 14.5 Å². The highest BCUT2D eigenvalue weighted by Crippen LogP contribution is 2.43. The number of piperidine rings is 2. The van der Waals surface area contributed by atoms with E-state index in [0.717, 1.165) is 106 Å². The smallest absolute Gasteiger partial charge is 0.264 e. The van der Waals surface area contributed by atoms with Gasteiger partial charge in [-0.25, -0.2) is 8.78 Å². The second kappa shape index (κ2) is 12.6. The zero-order valence-corrected chi connectivity index (χ0v) is 26.9. The van der Waals surface area contributed by atoms with Crippen molar-refractivity contribution >= 4 is 17.4 Å². The number of rotatable bonds is 5. The van der Waals surface area contributed by atoms with E-state index in [4.69, 9.17) is 4.99 Å². The number of carbonyl (C=O) groups excluding carboxylic acids is 1. The van der Waals surface area contributed by atoms with E-state index in [1.165, 1.54) is 18.5 Å². The molecule has 5 aliphatic rings. The lowest BCUT2D eigenvalue weighted by atomic mass is 9.82. The van der Waals surface area contributed by atoms with Crippen molar-refractivity contribution in [3.05, 3.63) is 46.8 Å². The number of nitrogens with zero attached hydrogens (tertiary/aromatic N) is 6. The highest BCUT2D eigenvalue weighted by Gasteiger charge is 2.41. The number of alkyl halides is 2. The number of fused-ring (bicyclic) bond motifs is 1. The van der Waals surface area contributed by atoms with E-state index in [-0.39, 0.29) is 17.5 Å². The molecule has 2 unspecified atom stereocenters. The molecule has 1 aromatic carbocycles. The highest BCUT2D eigenvalue weighted by atomic mass is 19.3. The fourth-order valence-electron chi connectivity index (χ4n) is 8.48. The number of amidine groups is 1. The van der Waals surface area contributed by atoms with Crippen molar-refractivity contribution in [1.82, 2.24) is 24.9 Å². The number of likely N-dealkylation sites (tertiary alicyclic amines) is 1. The van der Waals surface area contributed by atoms with Crippen molar-refractivity contribution in [2.24, 2.45) is 29.8 Å². The number of amides is 1. The van der Waals surface area contributed by atoms with Gasteiger partial charge in [0.25, 0.3) is 6.43 Å². The van der Waals surface area contributed by atoms with Crippen LogP contribution in [-0.4, -0.2) is 89.7 Å². The fraction of sp³-hybridized carbons (Fsp3) is 0.629. The second-order valence-electron chi connectivity index (χ2n) is 14.0. The molecule has 0 bridgehead atoms. The van der Waals surface area contributed by atoms with Crippen LogP contribution in [0.15, 0.2) is 40.7 Å². The summed E-state index contributed by atoms with van der Waals surface area (Å²) in [7, 11) is 1.80. The lowest BCUT2D eigenvalue weighted by Gasteiger charge is -2.39. The Morgan fingerprint density at radius 2 is 1.93 bits per heavy atom. The van der Waals surface area contributed by atoms with Gasteiger partial charge in [0.1, 0.15) is 5.84 Å². The Kier molecular flexibility index (Phi) is 8.54. The minimum atomic E-state index is -2.61. The standard InChI is InChI=1S/C35H47F2N7O/c1-22-17-38-10-6-26(22)20-42-12-7-24(8-13-42)33-28-9-14-43(23(2)45)21-31(28)35(40-33)44-11-4-5-25-15-29(27-18-39-41(3)19-27)30(34(36)37)16-32(25)44/h15-16,18-19,22,24,26,33-34,38H,4-14,17,20-21H2,1-3H3/t22-,26?,33?/m0/s1. The number of aromatic nitrogens is 2. The lowest BCUT2D eigenvalue weighted by Crippen LogP contribution is -2.45. The van der Waals surface area contributed by atoms with E-state index in [1.54, 1.807) is 37.1 Å². The molecule has 0 aliphatic carbocycles. The summed E-state index contributed by atoms with van der Waals surface area (Å²) in [5.41, 5.74) is 5.72. The summed E-state index contributed by atoms with van der Waals surface area (Å²) in [5, 5.41) is 7.77. The maximum Gasteiger partial charge on any atom is 0.264 e. The lowest BCUT2D eigenvalue weighted by molar-refractivity contribution is -0.128. The van der Waals surface area contributed by atoms with Gasteiger partial charge >= 0.3 is 0 Å². The van der Waals surface area contributed by atoms with E-state index in [1.807, 2.05) is 11.0 Å². The quantitative estimate of drug-likeness (QED) is 0.507. The normalized spacial score (nSPS) is 26.4. The molecule has 1 amide bonds. The summed E-state index contributed by atoms with van der Waals surface area (Å²) in [6, 6.07) is 3.76. The van der Waals surface area contributed by atoms with Gasteiger partial charge in [0.2, 0.25) is 5.91 Å². The van der Waals surface area contributed by atoms with Crippen LogP contribution < -0.4 is 10.2 Å². The summed E-state index contributed by atoms with van der Waals surface area (Å²) >= 11 is 0. The average molecular weight is 620 g/mol. The largest absolute Gasteiger partial charge is 0.338 e. The van der Waals surface area contributed by atoms with Crippen molar-refractivity contribution in [3.8, 4) is 11.1 Å². The van der Waals surface area contributed by atoms with Crippen LogP contribution in [0, 0.1) is 17.8 Å². The van der Waals surface area contributed by atoms with Crippen molar-refractivity contribution in [2.75, 3.05) is 57.3 Å². The SMILES string of the molecule is CC(=O)N1CCC2=C(C1)C(N1CCCc3cc(-c4cnn(C)c4)c(C(F)F)cc31)=NC2C1CCN(CC2CCNC[C@@H]2C)CC1. The first kappa shape index (κ1) is 30.5. The first-order valence-corrected chi connectivity index (χ1v) is 17.0. The van der Waals surface area contributed by atoms with Crippen LogP contribution in [0.2, 0.25) is 0 Å². The molecule has 0 radical (unpaired) electrons. The van der Waals surface area contributed by atoms with Gasteiger partial charge in [-0.1, -0.05) is 6.92 Å². The Bertz CT molecular complexity index is 1490. The number of aryl methyl sites for hydroxylation is 2. The molecular formula is C35H47F2N7O. The number of carbonyl (C=O) groups is 1. The van der Waals surface area contributed by atoms with Crippen LogP contribution in [0.1, 0.15) is 63.5 Å². The van der Waals surface area contributed by atoms with E-state index >= 15 is 0 Å². The van der Waals surface area contributed by atoms with E-state index in [0.29, 0.717) is 23.6 Å². The first-order valence-electron chi connectivity index (χ1n) is 17.0. The minimum Gasteiger partial charge on any atom is -0.338 e. The molecule has 3 atom stereocenters. The van der Waals surface area contributed by atoms with Gasteiger partial charge in [-0.2, -0.15) is 5.10 Å². The Hall–Kier alpha value is -3.11. The molecule has 242 valence electrons. The van der Waals surface area contributed by atoms with Gasteiger partial charge in [-0.05, 0) is 111 Å². The number of nitrogens with one attached hydrogen (secondary N) is 1. The monoisotopic (exact) mass is 619 g/mol. The molecule has 1 N–H and O–H groups in total. The summed E-state index contributed by atoms with van der Waals surface area (Å²) in [6.45, 7) is 11.7. The third kappa shape index (κ3) is 5.96. The van der Waals surface area contributed by atoms with Crippen LogP contribution in [0.5, 0.6) is 0 Å². The average Bonchev–Trinajstić information content (AvgIpc) is 3.65. The van der Waals surface area contributed by atoms with Gasteiger partial charge in [-0.15, -0.1) is 0 Å². The fourth-order valence-corrected chi connectivity index (χ4v) is 8.48. The first-order chi connectivity index (χ1) is 21.8. The van der Waals surface area contributed by atoms with Gasteiger partial charge < -0.3 is 20.0 Å². The summed E-state index contributed by atoms with van der Waals surface area (Å²) in [6.07, 6.45) is 6.94. The Labute approximate surface area is 265 Å². The van der Waals surface area contributed by atoms with Crippen LogP contribution in [0.4, 0.5) is 14.5 Å². The van der Waals surface area contributed by atoms with Crippen molar-refractivity contribution < 1.29 is 13.6 Å². The molecule has 0 saturated carbocycles. The van der Waals surface area contributed by atoms with Crippen LogP contribution in [-0.2, 0) is 18.3 Å². The number of benzene rings is 1. The predicted molar refractivity (Wildman–Crippen MR) is 174 cm³/mol. The summed E-state index contributed by atoms with van der Waals surface area (Å²) in [5.74, 6) is 2.93. The van der Waals surface area contributed by atoms with Crippen molar-refractivity contribution in [3.63, 3.8) is 0 Å². The topological polar surface area (TPSA) is 69.0 Å². The van der Waals surface area contributed by atoms with Gasteiger partial charge in [0.15, 0.2) is 0 Å². The van der Waals surface area contributed by atoms with Crippen molar-refractivity contribution in [1.29, 1.82) is 0 Å². The molecular weight excluding hydrogens is 572 g/mol. The Morgan fingerprint density at radius 3 is 2.64 bits per heavy atom. The number of hydrogen-bond acceptors (Lipinski definition) is 6. The molecule has 8 nitrogen and oxygen atoms in total. The van der Waals surface area contributed by atoms with Crippen LogP contribution in [0.3, 0.4) is 0 Å². The minimum absolute atomic E-state index is 0.0300. The van der Waals surface area contributed by atoms with Gasteiger partial charge in [0, 0.05) is 68.7 Å². The molecule has 0 spiro atoms. The number of aliphatic imine (C=N–C) groups is 1. The van der Waals surface area contributed by atoms with E-state index in [9.17, 15) is 13.6 Å². The Balaban J connectivity index is 1.18. The summed E-state index contributed by atoms with van der Waals surface area (Å²) in [4.78, 5) is 24.8. The molecule has 7 rings (SSSR count). The predicted octanol–water partition coefficient (Wildman–Crippen LogP) is 5.06. The zero-order valence-electron chi connectivity index (χ0n) is 26.9. The molecule has 1 aromatic heterocycles. The molecule has 45 heavy (non-hydrogen) atoms. The molecule has 10 heteroatoms. The van der Waals surface area contributed by atoms with Crippen molar-refractivity contribution in [2.45, 2.75) is 64.8 Å². The summed E-state index contributed by atoms with van der Waals surface area (Å²) < 4.78 is 30.8. The van der Waals surface area contributed by atoms with E-state index < -0.39 is 6.43 Å². The Morgan fingerprint density at radius 1 is 1.11 bits per heavy atom. The van der Waals surface area contributed by atoms with Crippen LogP contribution in [0.25, 0.3) is 11.1 Å².